The highest BCUT2D eigenvalue weighted by molar-refractivity contribution is 6.02. The first kappa shape index (κ1) is 36.4. The third-order valence-corrected chi connectivity index (χ3v) is 8.49. The Balaban J connectivity index is 1.57. The topological polar surface area (TPSA) is 141 Å². The summed E-state index contributed by atoms with van der Waals surface area (Å²) in [6, 6.07) is 20.0. The minimum absolute atomic E-state index is 0.107. The molecule has 258 valence electrons. The largest absolute Gasteiger partial charge is 0.490 e. The number of amides is 3. The van der Waals surface area contributed by atoms with E-state index < -0.39 is 18.0 Å². The highest BCUT2D eigenvalue weighted by Crippen LogP contribution is 2.29. The van der Waals surface area contributed by atoms with E-state index in [0.29, 0.717) is 48.9 Å². The van der Waals surface area contributed by atoms with Crippen LogP contribution in [-0.4, -0.2) is 89.5 Å². The minimum atomic E-state index is -0.960. The highest BCUT2D eigenvalue weighted by Gasteiger charge is 2.30. The maximum absolute atomic E-state index is 14.3. The summed E-state index contributed by atoms with van der Waals surface area (Å²) in [6.07, 6.45) is 2.10. The summed E-state index contributed by atoms with van der Waals surface area (Å²) >= 11 is 0. The van der Waals surface area contributed by atoms with Crippen LogP contribution in [-0.2, 0) is 11.3 Å². The zero-order chi connectivity index (χ0) is 34.6. The van der Waals surface area contributed by atoms with E-state index in [4.69, 9.17) is 9.47 Å². The zero-order valence-corrected chi connectivity index (χ0v) is 28.2. The van der Waals surface area contributed by atoms with E-state index in [1.165, 1.54) is 0 Å². The molecular weight excluding hydrogens is 612 g/mol. The Bertz CT molecular complexity index is 1500. The summed E-state index contributed by atoms with van der Waals surface area (Å²) in [7, 11) is 1.99. The lowest BCUT2D eigenvalue weighted by Crippen LogP contribution is -2.47. The predicted molar refractivity (Wildman–Crippen MR) is 186 cm³/mol. The van der Waals surface area contributed by atoms with Crippen LogP contribution in [0.25, 0.3) is 0 Å². The molecule has 0 fully saturated rings. The van der Waals surface area contributed by atoms with Crippen LogP contribution in [0.4, 0.5) is 16.2 Å². The lowest BCUT2D eigenvalue weighted by molar-refractivity contribution is -0.0177. The first-order valence-corrected chi connectivity index (χ1v) is 16.5. The molecule has 11 heteroatoms. The van der Waals surface area contributed by atoms with Gasteiger partial charge in [-0.25, -0.2) is 9.59 Å². The second kappa shape index (κ2) is 17.6. The normalized spacial score (nSPS) is 19.8. The van der Waals surface area contributed by atoms with E-state index in [-0.39, 0.29) is 36.2 Å². The second-order valence-corrected chi connectivity index (χ2v) is 12.7. The van der Waals surface area contributed by atoms with E-state index >= 15 is 0 Å². The molecule has 11 nitrogen and oxygen atoms in total. The van der Waals surface area contributed by atoms with Gasteiger partial charge in [0, 0.05) is 43.5 Å². The van der Waals surface area contributed by atoms with Crippen LogP contribution < -0.4 is 15.4 Å². The number of fused-ring (bicyclic) bond motifs is 1. The van der Waals surface area contributed by atoms with Gasteiger partial charge in [0.1, 0.15) is 5.75 Å². The van der Waals surface area contributed by atoms with Gasteiger partial charge in [-0.15, -0.1) is 0 Å². The Morgan fingerprint density at radius 3 is 2.40 bits per heavy atom. The number of rotatable bonds is 9. The molecule has 3 aromatic rings. The third-order valence-electron chi connectivity index (χ3n) is 8.49. The van der Waals surface area contributed by atoms with Gasteiger partial charge in [0.2, 0.25) is 0 Å². The Labute approximate surface area is 282 Å². The van der Waals surface area contributed by atoms with Gasteiger partial charge >= 0.3 is 12.0 Å². The average Bonchev–Trinajstić information content (AvgIpc) is 3.06. The van der Waals surface area contributed by atoms with Crippen molar-refractivity contribution < 1.29 is 34.1 Å². The molecule has 0 aromatic heterocycles. The molecule has 1 aliphatic rings. The smallest absolute Gasteiger partial charge is 0.335 e. The Kier molecular flexibility index (Phi) is 13.4. The number of hydrogen-bond donors (Lipinski definition) is 4. The highest BCUT2D eigenvalue weighted by atomic mass is 16.5. The number of carboxylic acid groups (broad SMARTS) is 1. The fraction of sp³-hybridized carbons (Fsp3) is 0.432. The molecule has 48 heavy (non-hydrogen) atoms. The standard InChI is InChI=1S/C37H48N4O7/c1-25-21-41(26(2)24-42)35(43)32-20-31(39-37(46)38-30-11-6-5-7-12-30)17-18-33(32)48-27(3)10-8-9-19-47-34(25)23-40(4)22-28-13-15-29(16-14-28)36(44)45/h5-7,11-18,20,25-27,34,42H,8-10,19,21-24H2,1-4H3,(H,44,45)(H2,38,39,46)/t25-,26-,27+,34+/m1/s1. The summed E-state index contributed by atoms with van der Waals surface area (Å²) in [5.74, 6) is -0.968. The lowest BCUT2D eigenvalue weighted by Gasteiger charge is -2.36. The summed E-state index contributed by atoms with van der Waals surface area (Å²) in [5, 5.41) is 25.1. The van der Waals surface area contributed by atoms with Gasteiger partial charge in [0.15, 0.2) is 0 Å². The Hall–Kier alpha value is -4.45. The number of aliphatic hydroxyl groups excluding tert-OH is 1. The number of nitrogens with zero attached hydrogens (tertiary/aromatic N) is 2. The van der Waals surface area contributed by atoms with Crippen LogP contribution >= 0.6 is 0 Å². The zero-order valence-electron chi connectivity index (χ0n) is 28.2. The average molecular weight is 661 g/mol. The van der Waals surface area contributed by atoms with E-state index in [1.54, 1.807) is 54.3 Å². The number of ether oxygens (including phenoxy) is 2. The number of carbonyl (C=O) groups excluding carboxylic acids is 2. The SMILES string of the molecule is C[C@@H]1CN([C@H](C)CO)C(=O)c2cc(NC(=O)Nc3ccccc3)ccc2O[C@@H](C)CCCCO[C@H]1CN(C)Cc1ccc(C(=O)O)cc1. The van der Waals surface area contributed by atoms with Crippen LogP contribution in [0.15, 0.2) is 72.8 Å². The number of likely N-dealkylation sites (N-methyl/N-ethyl adjacent to an activating group) is 1. The van der Waals surface area contributed by atoms with Crippen molar-refractivity contribution in [1.29, 1.82) is 0 Å². The van der Waals surface area contributed by atoms with E-state index in [1.807, 2.05) is 51.2 Å². The molecule has 0 radical (unpaired) electrons. The van der Waals surface area contributed by atoms with Crippen LogP contribution in [0.5, 0.6) is 5.75 Å². The van der Waals surface area contributed by atoms with Gasteiger partial charge in [-0.1, -0.05) is 37.3 Å². The Morgan fingerprint density at radius 1 is 1.00 bits per heavy atom. The molecule has 0 aliphatic carbocycles. The lowest BCUT2D eigenvalue weighted by atomic mass is 10.0. The van der Waals surface area contributed by atoms with Gasteiger partial charge < -0.3 is 35.2 Å². The van der Waals surface area contributed by atoms with E-state index in [9.17, 15) is 24.6 Å². The summed E-state index contributed by atoms with van der Waals surface area (Å²) in [6.45, 7) is 7.63. The van der Waals surface area contributed by atoms with Gasteiger partial charge in [0.25, 0.3) is 5.91 Å². The first-order valence-electron chi connectivity index (χ1n) is 16.5. The molecule has 4 N–H and O–H groups in total. The number of hydrogen-bond acceptors (Lipinski definition) is 7. The molecule has 0 bridgehead atoms. The molecule has 3 aromatic carbocycles. The van der Waals surface area contributed by atoms with Crippen LogP contribution in [0.1, 0.15) is 66.3 Å². The van der Waals surface area contributed by atoms with Crippen LogP contribution in [0, 0.1) is 5.92 Å². The van der Waals surface area contributed by atoms with Crippen molar-refractivity contribution in [1.82, 2.24) is 9.80 Å². The van der Waals surface area contributed by atoms with Crippen LogP contribution in [0.2, 0.25) is 0 Å². The molecule has 0 unspecified atom stereocenters. The number of anilines is 2. The van der Waals surface area contributed by atoms with Crippen molar-refractivity contribution in [2.75, 3.05) is 44.0 Å². The minimum Gasteiger partial charge on any atom is -0.490 e. The molecule has 0 saturated heterocycles. The number of benzene rings is 3. The Morgan fingerprint density at radius 2 is 1.71 bits per heavy atom. The van der Waals surface area contributed by atoms with Crippen molar-refractivity contribution in [3.8, 4) is 5.75 Å². The number of para-hydroxylation sites is 1. The second-order valence-electron chi connectivity index (χ2n) is 12.7. The van der Waals surface area contributed by atoms with Crippen molar-refractivity contribution in [3.63, 3.8) is 0 Å². The third kappa shape index (κ3) is 10.5. The van der Waals surface area contributed by atoms with Crippen molar-refractivity contribution >= 4 is 29.3 Å². The first-order chi connectivity index (χ1) is 23.0. The number of aliphatic hydroxyl groups is 1. The van der Waals surface area contributed by atoms with Crippen molar-refractivity contribution in [2.24, 2.45) is 5.92 Å². The number of carbonyl (C=O) groups is 3. The molecule has 0 saturated carbocycles. The molecule has 1 heterocycles. The fourth-order valence-electron chi connectivity index (χ4n) is 5.71. The maximum atomic E-state index is 14.3. The molecule has 0 spiro atoms. The van der Waals surface area contributed by atoms with E-state index in [2.05, 4.69) is 15.5 Å². The number of nitrogens with one attached hydrogen (secondary N) is 2. The fourth-order valence-corrected chi connectivity index (χ4v) is 5.71. The van der Waals surface area contributed by atoms with Gasteiger partial charge in [-0.3, -0.25) is 9.69 Å². The molecule has 1 aliphatic heterocycles. The van der Waals surface area contributed by atoms with Gasteiger partial charge in [-0.2, -0.15) is 0 Å². The van der Waals surface area contributed by atoms with Crippen molar-refractivity contribution in [3.05, 3.63) is 89.5 Å². The van der Waals surface area contributed by atoms with Gasteiger partial charge in [0.05, 0.1) is 36.0 Å². The number of carboxylic acids is 1. The maximum Gasteiger partial charge on any atom is 0.335 e. The monoisotopic (exact) mass is 660 g/mol. The quantitative estimate of drug-likeness (QED) is 0.221. The van der Waals surface area contributed by atoms with Crippen LogP contribution in [0.3, 0.4) is 0 Å². The number of aromatic carboxylic acids is 1. The predicted octanol–water partition coefficient (Wildman–Crippen LogP) is 5.96. The summed E-state index contributed by atoms with van der Waals surface area (Å²) in [5.41, 5.74) is 2.58. The van der Waals surface area contributed by atoms with E-state index in [0.717, 1.165) is 24.8 Å². The number of urea groups is 1. The van der Waals surface area contributed by atoms with Crippen molar-refractivity contribution in [2.45, 2.75) is 64.8 Å². The molecule has 3 amide bonds. The summed E-state index contributed by atoms with van der Waals surface area (Å²) < 4.78 is 12.7. The van der Waals surface area contributed by atoms with Gasteiger partial charge in [-0.05, 0) is 88.2 Å². The molecule has 4 atom stereocenters. The molecular formula is C37H48N4O7. The summed E-state index contributed by atoms with van der Waals surface area (Å²) in [4.78, 5) is 42.2. The molecule has 4 rings (SSSR count).